The van der Waals surface area contributed by atoms with Crippen molar-refractivity contribution < 1.29 is 0 Å². The fourth-order valence-corrected chi connectivity index (χ4v) is 2.61. The fourth-order valence-electron chi connectivity index (χ4n) is 2.48. The molecule has 9 heteroatoms. The highest BCUT2D eigenvalue weighted by Gasteiger charge is 2.18. The number of rotatable bonds is 3. The summed E-state index contributed by atoms with van der Waals surface area (Å²) in [4.78, 5) is 10.1. The van der Waals surface area contributed by atoms with Crippen molar-refractivity contribution >= 4 is 23.2 Å². The third-order valence-corrected chi connectivity index (χ3v) is 3.98. The molecule has 0 saturated carbocycles. The Balaban J connectivity index is 1.54. The topological polar surface area (TPSA) is 88.5 Å². The zero-order valence-electron chi connectivity index (χ0n) is 12.9. The van der Waals surface area contributed by atoms with Crippen LogP contribution >= 0.6 is 11.6 Å². The van der Waals surface area contributed by atoms with Crippen LogP contribution in [0.2, 0.25) is 5.02 Å². The van der Waals surface area contributed by atoms with E-state index in [0.29, 0.717) is 18.3 Å². The van der Waals surface area contributed by atoms with Crippen molar-refractivity contribution in [2.45, 2.75) is 6.54 Å². The molecule has 0 radical (unpaired) electrons. The van der Waals surface area contributed by atoms with E-state index in [0.717, 1.165) is 31.2 Å². The van der Waals surface area contributed by atoms with E-state index >= 15 is 0 Å². The minimum absolute atomic E-state index is 0.344. The van der Waals surface area contributed by atoms with Crippen LogP contribution in [-0.4, -0.2) is 57.2 Å². The predicted molar refractivity (Wildman–Crippen MR) is 89.4 cm³/mol. The molecule has 0 unspecified atom stereocenters. The first-order chi connectivity index (χ1) is 11.1. The first-order valence-electron chi connectivity index (χ1n) is 7.40. The average Bonchev–Trinajstić information content (AvgIpc) is 2.99. The fraction of sp³-hybridized carbons (Fsp3) is 0.429. The number of guanidine groups is 1. The van der Waals surface area contributed by atoms with Gasteiger partial charge in [0.2, 0.25) is 0 Å². The Bertz CT molecular complexity index is 672. The molecule has 122 valence electrons. The van der Waals surface area contributed by atoms with Gasteiger partial charge in [-0.3, -0.25) is 0 Å². The van der Waals surface area contributed by atoms with E-state index in [1.807, 2.05) is 24.3 Å². The van der Waals surface area contributed by atoms with Crippen molar-refractivity contribution in [1.29, 1.82) is 0 Å². The number of benzene rings is 1. The summed E-state index contributed by atoms with van der Waals surface area (Å²) in [6.07, 6.45) is 0. The first kappa shape index (κ1) is 15.5. The summed E-state index contributed by atoms with van der Waals surface area (Å²) in [5, 5.41) is 12.5. The lowest BCUT2D eigenvalue weighted by atomic mass is 10.2. The van der Waals surface area contributed by atoms with Gasteiger partial charge in [-0.25, -0.2) is 4.99 Å². The number of aliphatic imine (C=N–C) groups is 1. The molecule has 1 fully saturated rings. The zero-order chi connectivity index (χ0) is 16.2. The van der Waals surface area contributed by atoms with Gasteiger partial charge in [-0.2, -0.15) is 4.80 Å². The highest BCUT2D eigenvalue weighted by atomic mass is 35.5. The molecule has 1 aliphatic heterocycles. The molecule has 1 aromatic carbocycles. The van der Waals surface area contributed by atoms with Crippen molar-refractivity contribution in [3.05, 3.63) is 35.1 Å². The monoisotopic (exact) mass is 334 g/mol. The van der Waals surface area contributed by atoms with Gasteiger partial charge in [0.25, 0.3) is 0 Å². The molecule has 1 aliphatic rings. The zero-order valence-corrected chi connectivity index (χ0v) is 13.7. The quantitative estimate of drug-likeness (QED) is 0.649. The van der Waals surface area contributed by atoms with Crippen molar-refractivity contribution in [1.82, 2.24) is 25.1 Å². The van der Waals surface area contributed by atoms with Gasteiger partial charge in [0.15, 0.2) is 11.8 Å². The lowest BCUT2D eigenvalue weighted by Crippen LogP contribution is -2.51. The Hall–Kier alpha value is -2.35. The summed E-state index contributed by atoms with van der Waals surface area (Å²) < 4.78 is 0. The van der Waals surface area contributed by atoms with Crippen LogP contribution < -0.4 is 10.6 Å². The summed E-state index contributed by atoms with van der Waals surface area (Å²) in [6.45, 7) is 3.78. The van der Waals surface area contributed by atoms with Crippen LogP contribution in [0.25, 0.3) is 0 Å². The molecule has 1 aromatic heterocycles. The number of halogens is 1. The van der Waals surface area contributed by atoms with Gasteiger partial charge in [-0.15, -0.1) is 10.2 Å². The van der Waals surface area contributed by atoms with E-state index in [1.54, 1.807) is 7.05 Å². The second-order valence-electron chi connectivity index (χ2n) is 5.32. The van der Waals surface area contributed by atoms with E-state index in [-0.39, 0.29) is 0 Å². The van der Waals surface area contributed by atoms with Gasteiger partial charge < -0.3 is 15.5 Å². The smallest absolute Gasteiger partial charge is 0.196 e. The molecular formula is C14H19ClN8. The van der Waals surface area contributed by atoms with Gasteiger partial charge in [0.1, 0.15) is 6.54 Å². The SMILES string of the molecule is Cn1nnc(CN=C(N)N2CCN(c3ccc(Cl)cc3)CC2)n1. The Morgan fingerprint density at radius 1 is 1.22 bits per heavy atom. The molecule has 0 atom stereocenters. The van der Waals surface area contributed by atoms with E-state index in [9.17, 15) is 0 Å². The van der Waals surface area contributed by atoms with Crippen LogP contribution in [0.1, 0.15) is 5.82 Å². The second-order valence-corrected chi connectivity index (χ2v) is 5.76. The molecule has 2 heterocycles. The van der Waals surface area contributed by atoms with Crippen LogP contribution in [0.3, 0.4) is 0 Å². The molecule has 0 aliphatic carbocycles. The van der Waals surface area contributed by atoms with Gasteiger partial charge in [0, 0.05) is 36.9 Å². The van der Waals surface area contributed by atoms with Crippen molar-refractivity contribution in [3.63, 3.8) is 0 Å². The molecule has 0 spiro atoms. The molecule has 0 amide bonds. The molecule has 8 nitrogen and oxygen atoms in total. The third kappa shape index (κ3) is 3.89. The lowest BCUT2D eigenvalue weighted by molar-refractivity contribution is 0.380. The standard InChI is InChI=1S/C14H19ClN8/c1-21-19-13(18-20-21)10-17-14(16)23-8-6-22(7-9-23)12-4-2-11(15)3-5-12/h2-5H,6-10H2,1H3,(H2,16,17). The first-order valence-corrected chi connectivity index (χ1v) is 7.78. The minimum Gasteiger partial charge on any atom is -0.370 e. The number of tetrazole rings is 1. The molecule has 0 bridgehead atoms. The predicted octanol–water partition coefficient (Wildman–Crippen LogP) is 0.500. The van der Waals surface area contributed by atoms with Gasteiger partial charge in [0.05, 0.1) is 7.05 Å². The van der Waals surface area contributed by atoms with Crippen molar-refractivity contribution in [3.8, 4) is 0 Å². The summed E-state index contributed by atoms with van der Waals surface area (Å²) >= 11 is 5.93. The minimum atomic E-state index is 0.344. The number of anilines is 1. The van der Waals surface area contributed by atoms with Crippen LogP contribution in [0, 0.1) is 0 Å². The second kappa shape index (κ2) is 6.82. The van der Waals surface area contributed by atoms with Gasteiger partial charge >= 0.3 is 0 Å². The maximum absolute atomic E-state index is 6.06. The number of nitrogens with two attached hydrogens (primary N) is 1. The summed E-state index contributed by atoms with van der Waals surface area (Å²) in [7, 11) is 1.72. The van der Waals surface area contributed by atoms with Crippen LogP contribution in [0.5, 0.6) is 0 Å². The van der Waals surface area contributed by atoms with Gasteiger partial charge in [-0.1, -0.05) is 11.6 Å². The maximum atomic E-state index is 6.06. The Kier molecular flexibility index (Phi) is 4.61. The highest BCUT2D eigenvalue weighted by molar-refractivity contribution is 6.30. The molecule has 1 saturated heterocycles. The highest BCUT2D eigenvalue weighted by Crippen LogP contribution is 2.19. The van der Waals surface area contributed by atoms with E-state index in [2.05, 4.69) is 30.2 Å². The molecular weight excluding hydrogens is 316 g/mol. The van der Waals surface area contributed by atoms with Crippen molar-refractivity contribution in [2.75, 3.05) is 31.1 Å². The average molecular weight is 335 g/mol. The number of hydrogen-bond acceptors (Lipinski definition) is 5. The van der Waals surface area contributed by atoms with E-state index < -0.39 is 0 Å². The number of aryl methyl sites for hydroxylation is 1. The Morgan fingerprint density at radius 3 is 2.52 bits per heavy atom. The van der Waals surface area contributed by atoms with E-state index in [4.69, 9.17) is 17.3 Å². The summed E-state index contributed by atoms with van der Waals surface area (Å²) in [6, 6.07) is 7.89. The Labute approximate surface area is 139 Å². The molecule has 3 rings (SSSR count). The lowest BCUT2D eigenvalue weighted by Gasteiger charge is -2.36. The van der Waals surface area contributed by atoms with Crippen LogP contribution in [0.4, 0.5) is 5.69 Å². The van der Waals surface area contributed by atoms with Gasteiger partial charge in [-0.05, 0) is 29.5 Å². The van der Waals surface area contributed by atoms with Crippen molar-refractivity contribution in [2.24, 2.45) is 17.8 Å². The van der Waals surface area contributed by atoms with E-state index in [1.165, 1.54) is 10.5 Å². The van der Waals surface area contributed by atoms with Crippen LogP contribution in [-0.2, 0) is 13.6 Å². The number of aromatic nitrogens is 4. The molecule has 2 aromatic rings. The maximum Gasteiger partial charge on any atom is 0.196 e. The Morgan fingerprint density at radius 2 is 1.91 bits per heavy atom. The third-order valence-electron chi connectivity index (χ3n) is 3.73. The summed E-state index contributed by atoms with van der Waals surface area (Å²) in [5.41, 5.74) is 7.24. The number of hydrogen-bond donors (Lipinski definition) is 1. The number of nitrogens with zero attached hydrogens (tertiary/aromatic N) is 7. The van der Waals surface area contributed by atoms with Crippen LogP contribution in [0.15, 0.2) is 29.3 Å². The summed E-state index contributed by atoms with van der Waals surface area (Å²) in [5.74, 6) is 1.09. The molecule has 2 N–H and O–H groups in total. The molecule has 23 heavy (non-hydrogen) atoms. The number of piperazine rings is 1. The largest absolute Gasteiger partial charge is 0.370 e. The normalized spacial score (nSPS) is 16.0.